The number of urea groups is 1. The molecule has 1 saturated carbocycles. The maximum Gasteiger partial charge on any atom is 0.325 e. The monoisotopic (exact) mass is 401 g/mol. The highest BCUT2D eigenvalue weighted by Gasteiger charge is 2.52. The summed E-state index contributed by atoms with van der Waals surface area (Å²) in [4.78, 5) is 40.2. The molecule has 2 heterocycles. The van der Waals surface area contributed by atoms with Crippen LogP contribution in [0.5, 0.6) is 11.5 Å². The Balaban J connectivity index is 1.23. The van der Waals surface area contributed by atoms with Crippen LogP contribution in [0.15, 0.2) is 24.3 Å². The molecule has 3 aliphatic rings. The minimum atomic E-state index is -0.688. The first-order chi connectivity index (χ1) is 14.0. The summed E-state index contributed by atoms with van der Waals surface area (Å²) < 4.78 is 11.6. The Labute approximate surface area is 170 Å². The van der Waals surface area contributed by atoms with Crippen LogP contribution in [0.25, 0.3) is 0 Å². The van der Waals surface area contributed by atoms with Gasteiger partial charge in [-0.25, -0.2) is 4.79 Å². The van der Waals surface area contributed by atoms with Crippen molar-refractivity contribution in [3.05, 3.63) is 24.3 Å². The number of likely N-dealkylation sites (N-methyl/N-ethyl adjacent to an activating group) is 1. The van der Waals surface area contributed by atoms with E-state index >= 15 is 0 Å². The second-order valence-corrected chi connectivity index (χ2v) is 8.05. The van der Waals surface area contributed by atoms with Crippen molar-refractivity contribution in [3.8, 4) is 11.5 Å². The summed E-state index contributed by atoms with van der Waals surface area (Å²) >= 11 is 0. The molecule has 1 saturated heterocycles. The maximum absolute atomic E-state index is 12.6. The fourth-order valence-electron chi connectivity index (χ4n) is 4.34. The molecular formula is C21H27N3O5. The molecule has 8 nitrogen and oxygen atoms in total. The average Bonchev–Trinajstić information content (AvgIpc) is 3.28. The molecule has 4 rings (SSSR count). The van der Waals surface area contributed by atoms with Gasteiger partial charge in [0.1, 0.15) is 12.1 Å². The lowest BCUT2D eigenvalue weighted by Crippen LogP contribution is -2.44. The number of carbonyl (C=O) groups excluding carboxylic acids is 3. The van der Waals surface area contributed by atoms with Crippen molar-refractivity contribution in [1.82, 2.24) is 15.1 Å². The van der Waals surface area contributed by atoms with Crippen LogP contribution in [0.1, 0.15) is 38.5 Å². The highest BCUT2D eigenvalue weighted by molar-refractivity contribution is 6.07. The predicted molar refractivity (Wildman–Crippen MR) is 105 cm³/mol. The van der Waals surface area contributed by atoms with Crippen LogP contribution in [0, 0.1) is 0 Å². The largest absolute Gasteiger partial charge is 0.486 e. The van der Waals surface area contributed by atoms with Crippen molar-refractivity contribution >= 4 is 17.8 Å². The third-order valence-corrected chi connectivity index (χ3v) is 5.95. The molecule has 1 aliphatic carbocycles. The van der Waals surface area contributed by atoms with Gasteiger partial charge in [-0.3, -0.25) is 14.5 Å². The molecule has 29 heavy (non-hydrogen) atoms. The summed E-state index contributed by atoms with van der Waals surface area (Å²) in [7, 11) is 1.73. The number of amides is 4. The van der Waals surface area contributed by atoms with E-state index in [1.807, 2.05) is 24.3 Å². The number of carbonyl (C=O) groups is 3. The molecule has 156 valence electrons. The van der Waals surface area contributed by atoms with Crippen molar-refractivity contribution in [2.75, 3.05) is 26.7 Å². The SMILES string of the molecule is CN(C[C@H]1COc2ccccc2O1)C(=O)CCCN1C(=O)NC2(CCCC2)C1=O. The zero-order valence-electron chi connectivity index (χ0n) is 16.7. The zero-order valence-corrected chi connectivity index (χ0v) is 16.7. The van der Waals surface area contributed by atoms with Crippen molar-refractivity contribution < 1.29 is 23.9 Å². The van der Waals surface area contributed by atoms with Gasteiger partial charge in [-0.1, -0.05) is 25.0 Å². The van der Waals surface area contributed by atoms with Crippen LogP contribution >= 0.6 is 0 Å². The van der Waals surface area contributed by atoms with Gasteiger partial charge in [0.2, 0.25) is 5.91 Å². The van der Waals surface area contributed by atoms with Crippen molar-refractivity contribution in [1.29, 1.82) is 0 Å². The highest BCUT2D eigenvalue weighted by Crippen LogP contribution is 2.35. The second-order valence-electron chi connectivity index (χ2n) is 8.05. The number of benzene rings is 1. The molecule has 1 N–H and O–H groups in total. The van der Waals surface area contributed by atoms with Gasteiger partial charge in [-0.05, 0) is 31.4 Å². The lowest BCUT2D eigenvalue weighted by Gasteiger charge is -2.29. The first-order valence-corrected chi connectivity index (χ1v) is 10.2. The Bertz CT molecular complexity index is 805. The molecular weight excluding hydrogens is 374 g/mol. The van der Waals surface area contributed by atoms with Gasteiger partial charge in [0.15, 0.2) is 17.6 Å². The van der Waals surface area contributed by atoms with Gasteiger partial charge in [-0.2, -0.15) is 0 Å². The fourth-order valence-corrected chi connectivity index (χ4v) is 4.34. The smallest absolute Gasteiger partial charge is 0.325 e. The number of hydrogen-bond acceptors (Lipinski definition) is 5. The summed E-state index contributed by atoms with van der Waals surface area (Å²) in [6, 6.07) is 7.14. The summed E-state index contributed by atoms with van der Waals surface area (Å²) in [6.07, 6.45) is 3.83. The lowest BCUT2D eigenvalue weighted by atomic mass is 9.98. The Hall–Kier alpha value is -2.77. The van der Waals surface area contributed by atoms with Crippen LogP contribution < -0.4 is 14.8 Å². The maximum atomic E-state index is 12.6. The van der Waals surface area contributed by atoms with E-state index in [9.17, 15) is 14.4 Å². The van der Waals surface area contributed by atoms with E-state index in [1.165, 1.54) is 4.90 Å². The van der Waals surface area contributed by atoms with Crippen LogP contribution in [0.4, 0.5) is 4.79 Å². The quantitative estimate of drug-likeness (QED) is 0.736. The zero-order chi connectivity index (χ0) is 20.4. The third-order valence-electron chi connectivity index (χ3n) is 5.95. The first kappa shape index (κ1) is 19.5. The van der Waals surface area contributed by atoms with E-state index in [0.29, 0.717) is 43.9 Å². The van der Waals surface area contributed by atoms with Gasteiger partial charge >= 0.3 is 6.03 Å². The Morgan fingerprint density at radius 2 is 1.97 bits per heavy atom. The number of hydrogen-bond donors (Lipinski definition) is 1. The molecule has 0 aromatic heterocycles. The van der Waals surface area contributed by atoms with Crippen LogP contribution in [-0.4, -0.2) is 66.0 Å². The van der Waals surface area contributed by atoms with E-state index in [0.717, 1.165) is 12.8 Å². The van der Waals surface area contributed by atoms with Gasteiger partial charge in [0.25, 0.3) is 5.91 Å². The molecule has 1 atom stereocenters. The average molecular weight is 401 g/mol. The van der Waals surface area contributed by atoms with Gasteiger partial charge in [-0.15, -0.1) is 0 Å². The molecule has 4 amide bonds. The summed E-state index contributed by atoms with van der Waals surface area (Å²) in [5, 5.41) is 2.86. The van der Waals surface area contributed by atoms with Crippen LogP contribution in [0.2, 0.25) is 0 Å². The first-order valence-electron chi connectivity index (χ1n) is 10.2. The minimum absolute atomic E-state index is 0.0462. The molecule has 0 bridgehead atoms. The van der Waals surface area contributed by atoms with E-state index in [4.69, 9.17) is 9.47 Å². The normalized spacial score (nSPS) is 22.1. The summed E-state index contributed by atoms with van der Waals surface area (Å²) in [5.74, 6) is 1.22. The number of ether oxygens (including phenoxy) is 2. The van der Waals surface area contributed by atoms with Crippen molar-refractivity contribution in [2.45, 2.75) is 50.2 Å². The highest BCUT2D eigenvalue weighted by atomic mass is 16.6. The van der Waals surface area contributed by atoms with Gasteiger partial charge in [0, 0.05) is 20.0 Å². The van der Waals surface area contributed by atoms with Crippen LogP contribution in [0.3, 0.4) is 0 Å². The standard InChI is InChI=1S/C21H27N3O5/c1-23(13-15-14-28-16-7-2-3-8-17(16)29-15)18(25)9-6-12-24-19(26)21(22-20(24)27)10-4-5-11-21/h2-3,7-8,15H,4-6,9-14H2,1H3,(H,22,27)/t15-/m0/s1. The van der Waals surface area contributed by atoms with Crippen LogP contribution in [-0.2, 0) is 9.59 Å². The van der Waals surface area contributed by atoms with E-state index in [-0.39, 0.29) is 36.9 Å². The van der Waals surface area contributed by atoms with E-state index < -0.39 is 5.54 Å². The topological polar surface area (TPSA) is 88.2 Å². The van der Waals surface area contributed by atoms with E-state index in [2.05, 4.69) is 5.32 Å². The molecule has 1 aromatic rings. The lowest BCUT2D eigenvalue weighted by molar-refractivity contribution is -0.133. The minimum Gasteiger partial charge on any atom is -0.486 e. The molecule has 8 heteroatoms. The third kappa shape index (κ3) is 3.88. The molecule has 2 aliphatic heterocycles. The molecule has 1 aromatic carbocycles. The fraction of sp³-hybridized carbons (Fsp3) is 0.571. The summed E-state index contributed by atoms with van der Waals surface area (Å²) in [6.45, 7) is 1.07. The number of nitrogens with one attached hydrogen (secondary N) is 1. The number of nitrogens with zero attached hydrogens (tertiary/aromatic N) is 2. The Kier molecular flexibility index (Phi) is 5.34. The Morgan fingerprint density at radius 3 is 2.72 bits per heavy atom. The van der Waals surface area contributed by atoms with Gasteiger partial charge < -0.3 is 19.7 Å². The van der Waals surface area contributed by atoms with Crippen molar-refractivity contribution in [3.63, 3.8) is 0 Å². The number of imide groups is 1. The number of rotatable bonds is 6. The molecule has 1 spiro atoms. The number of fused-ring (bicyclic) bond motifs is 1. The molecule has 0 radical (unpaired) electrons. The van der Waals surface area contributed by atoms with Crippen molar-refractivity contribution in [2.24, 2.45) is 0 Å². The number of para-hydroxylation sites is 2. The van der Waals surface area contributed by atoms with E-state index in [1.54, 1.807) is 11.9 Å². The Morgan fingerprint density at radius 1 is 1.24 bits per heavy atom. The van der Waals surface area contributed by atoms with Gasteiger partial charge in [0.05, 0.1) is 6.54 Å². The summed E-state index contributed by atoms with van der Waals surface area (Å²) in [5.41, 5.74) is -0.688. The second kappa shape index (κ2) is 7.93. The molecule has 2 fully saturated rings. The molecule has 0 unspecified atom stereocenters. The predicted octanol–water partition coefficient (Wildman–Crippen LogP) is 1.93.